The monoisotopic (exact) mass is 389 g/mol. The Hall–Kier alpha value is -1.22. The molecule has 2 aromatic rings. The van der Waals surface area contributed by atoms with Gasteiger partial charge in [0.25, 0.3) is 0 Å². The molecule has 0 fully saturated rings. The smallest absolute Gasteiger partial charge is 0.335 e. The van der Waals surface area contributed by atoms with Gasteiger partial charge in [-0.05, 0) is 52.0 Å². The standard InChI is InChI=1S/C13H12BrNO4S2/c14-11-8-9(13(16)17)3-4-12(11)21(18,19)15-6-5-10-2-1-7-20-10/h1-4,7-8,15H,5-6H2,(H,16,17). The number of carboxylic acids is 1. The molecule has 1 heterocycles. The van der Waals surface area contributed by atoms with Crippen LogP contribution in [-0.2, 0) is 16.4 Å². The molecule has 1 aromatic heterocycles. The van der Waals surface area contributed by atoms with Crippen molar-refractivity contribution in [3.05, 3.63) is 50.6 Å². The summed E-state index contributed by atoms with van der Waals surface area (Å²) in [7, 11) is -3.67. The summed E-state index contributed by atoms with van der Waals surface area (Å²) < 4.78 is 27.1. The number of hydrogen-bond donors (Lipinski definition) is 2. The normalized spacial score (nSPS) is 11.5. The molecule has 0 bridgehead atoms. The quantitative estimate of drug-likeness (QED) is 0.795. The first kappa shape index (κ1) is 16.2. The number of sulfonamides is 1. The molecule has 0 saturated heterocycles. The summed E-state index contributed by atoms with van der Waals surface area (Å²) in [6.07, 6.45) is 0.613. The Labute approximate surface area is 134 Å². The van der Waals surface area contributed by atoms with Gasteiger partial charge < -0.3 is 5.11 Å². The van der Waals surface area contributed by atoms with Gasteiger partial charge in [0.15, 0.2) is 0 Å². The summed E-state index contributed by atoms with van der Waals surface area (Å²) in [6, 6.07) is 7.67. The van der Waals surface area contributed by atoms with E-state index in [0.717, 1.165) is 4.88 Å². The summed E-state index contributed by atoms with van der Waals surface area (Å²) >= 11 is 4.67. The summed E-state index contributed by atoms with van der Waals surface area (Å²) in [4.78, 5) is 12.0. The van der Waals surface area contributed by atoms with Gasteiger partial charge in [0.2, 0.25) is 10.0 Å². The van der Waals surface area contributed by atoms with Gasteiger partial charge in [-0.2, -0.15) is 0 Å². The molecule has 0 aliphatic rings. The third kappa shape index (κ3) is 4.13. The fourth-order valence-corrected chi connectivity index (χ4v) is 4.51. The summed E-state index contributed by atoms with van der Waals surface area (Å²) in [5.74, 6) is -1.11. The number of thiophene rings is 1. The van der Waals surface area contributed by atoms with Crippen LogP contribution in [0.5, 0.6) is 0 Å². The molecule has 0 aliphatic heterocycles. The lowest BCUT2D eigenvalue weighted by Crippen LogP contribution is -2.26. The van der Waals surface area contributed by atoms with Gasteiger partial charge in [0.05, 0.1) is 10.5 Å². The van der Waals surface area contributed by atoms with E-state index in [0.29, 0.717) is 6.42 Å². The number of carbonyl (C=O) groups is 1. The van der Waals surface area contributed by atoms with Crippen LogP contribution in [0.3, 0.4) is 0 Å². The molecule has 0 atom stereocenters. The van der Waals surface area contributed by atoms with Crippen LogP contribution in [0.15, 0.2) is 45.1 Å². The molecule has 0 amide bonds. The van der Waals surface area contributed by atoms with Crippen molar-refractivity contribution in [3.63, 3.8) is 0 Å². The van der Waals surface area contributed by atoms with Gasteiger partial charge in [-0.3, -0.25) is 0 Å². The first-order chi connectivity index (χ1) is 9.90. The van der Waals surface area contributed by atoms with Crippen LogP contribution in [0.2, 0.25) is 0 Å². The van der Waals surface area contributed by atoms with Gasteiger partial charge in [-0.25, -0.2) is 17.9 Å². The van der Waals surface area contributed by atoms with Gasteiger partial charge in [-0.1, -0.05) is 6.07 Å². The lowest BCUT2D eigenvalue weighted by Gasteiger charge is -2.08. The lowest BCUT2D eigenvalue weighted by molar-refractivity contribution is 0.0696. The maximum absolute atomic E-state index is 12.2. The summed E-state index contributed by atoms with van der Waals surface area (Å²) in [5.41, 5.74) is 0.0272. The molecule has 21 heavy (non-hydrogen) atoms. The molecule has 1 aromatic carbocycles. The second kappa shape index (κ2) is 6.69. The van der Waals surface area contributed by atoms with Crippen LogP contribution < -0.4 is 4.72 Å². The molecule has 0 spiro atoms. The van der Waals surface area contributed by atoms with Crippen molar-refractivity contribution in [2.45, 2.75) is 11.3 Å². The molecule has 0 unspecified atom stereocenters. The van der Waals surface area contributed by atoms with E-state index in [-0.39, 0.29) is 21.5 Å². The minimum atomic E-state index is -3.67. The van der Waals surface area contributed by atoms with Crippen LogP contribution >= 0.6 is 27.3 Å². The third-order valence-electron chi connectivity index (χ3n) is 2.71. The fourth-order valence-electron chi connectivity index (χ4n) is 1.69. The molecule has 2 rings (SSSR count). The Morgan fingerprint density at radius 3 is 2.67 bits per heavy atom. The summed E-state index contributed by atoms with van der Waals surface area (Å²) in [6.45, 7) is 0.288. The topological polar surface area (TPSA) is 83.5 Å². The van der Waals surface area contributed by atoms with E-state index in [9.17, 15) is 13.2 Å². The molecule has 8 heteroatoms. The second-order valence-electron chi connectivity index (χ2n) is 4.18. The van der Waals surface area contributed by atoms with E-state index in [4.69, 9.17) is 5.11 Å². The number of benzene rings is 1. The largest absolute Gasteiger partial charge is 0.478 e. The Morgan fingerprint density at radius 1 is 1.33 bits per heavy atom. The number of rotatable bonds is 6. The predicted molar refractivity (Wildman–Crippen MR) is 84.3 cm³/mol. The van der Waals surface area contributed by atoms with E-state index >= 15 is 0 Å². The third-order valence-corrected chi connectivity index (χ3v) is 6.09. The Bertz CT molecular complexity index is 742. The van der Waals surface area contributed by atoms with Crippen LogP contribution in [0.4, 0.5) is 0 Å². The average molecular weight is 390 g/mol. The average Bonchev–Trinajstić information content (AvgIpc) is 2.91. The summed E-state index contributed by atoms with van der Waals surface area (Å²) in [5, 5.41) is 10.8. The van der Waals surface area contributed by atoms with Gasteiger partial charge in [0, 0.05) is 15.9 Å². The number of halogens is 1. The molecule has 0 radical (unpaired) electrons. The van der Waals surface area contributed by atoms with Crippen LogP contribution in [0.25, 0.3) is 0 Å². The van der Waals surface area contributed by atoms with E-state index in [1.54, 1.807) is 11.3 Å². The Balaban J connectivity index is 2.10. The van der Waals surface area contributed by atoms with Crippen molar-refractivity contribution >= 4 is 43.3 Å². The zero-order valence-electron chi connectivity index (χ0n) is 10.7. The zero-order chi connectivity index (χ0) is 15.5. The first-order valence-electron chi connectivity index (χ1n) is 5.95. The molecular formula is C13H12BrNO4S2. The van der Waals surface area contributed by atoms with Gasteiger partial charge >= 0.3 is 5.97 Å². The van der Waals surface area contributed by atoms with E-state index in [1.165, 1.54) is 18.2 Å². The minimum Gasteiger partial charge on any atom is -0.478 e. The molecule has 0 saturated carbocycles. The molecular weight excluding hydrogens is 378 g/mol. The van der Waals surface area contributed by atoms with Crippen LogP contribution in [0.1, 0.15) is 15.2 Å². The van der Waals surface area contributed by atoms with Crippen molar-refractivity contribution in [1.29, 1.82) is 0 Å². The number of hydrogen-bond acceptors (Lipinski definition) is 4. The van der Waals surface area contributed by atoms with Gasteiger partial charge in [0.1, 0.15) is 0 Å². The van der Waals surface area contributed by atoms with Gasteiger partial charge in [-0.15, -0.1) is 11.3 Å². The lowest BCUT2D eigenvalue weighted by atomic mass is 10.2. The maximum Gasteiger partial charge on any atom is 0.335 e. The predicted octanol–water partition coefficient (Wildman–Crippen LogP) is 2.73. The second-order valence-corrected chi connectivity index (χ2v) is 7.80. The van der Waals surface area contributed by atoms with Crippen molar-refractivity contribution in [2.75, 3.05) is 6.54 Å². The fraction of sp³-hybridized carbons (Fsp3) is 0.154. The van der Waals surface area contributed by atoms with Crippen LogP contribution in [0, 0.1) is 0 Å². The van der Waals surface area contributed by atoms with E-state index in [1.807, 2.05) is 17.5 Å². The minimum absolute atomic E-state index is 0.0266. The maximum atomic E-state index is 12.2. The number of aromatic carboxylic acids is 1. The number of nitrogens with one attached hydrogen (secondary N) is 1. The van der Waals surface area contributed by atoms with Crippen molar-refractivity contribution in [1.82, 2.24) is 4.72 Å². The van der Waals surface area contributed by atoms with E-state index in [2.05, 4.69) is 20.7 Å². The molecule has 2 N–H and O–H groups in total. The van der Waals surface area contributed by atoms with Crippen molar-refractivity contribution < 1.29 is 18.3 Å². The molecule has 0 aliphatic carbocycles. The molecule has 112 valence electrons. The van der Waals surface area contributed by atoms with Crippen LogP contribution in [-0.4, -0.2) is 26.0 Å². The van der Waals surface area contributed by atoms with Crippen molar-refractivity contribution in [3.8, 4) is 0 Å². The highest BCUT2D eigenvalue weighted by Crippen LogP contribution is 2.23. The first-order valence-corrected chi connectivity index (χ1v) is 9.10. The highest BCUT2D eigenvalue weighted by molar-refractivity contribution is 9.10. The Morgan fingerprint density at radius 2 is 2.10 bits per heavy atom. The molecule has 5 nitrogen and oxygen atoms in total. The number of carboxylic acid groups (broad SMARTS) is 1. The SMILES string of the molecule is O=C(O)c1ccc(S(=O)(=O)NCCc2cccs2)c(Br)c1. The van der Waals surface area contributed by atoms with Crippen molar-refractivity contribution in [2.24, 2.45) is 0 Å². The highest BCUT2D eigenvalue weighted by Gasteiger charge is 2.18. The highest BCUT2D eigenvalue weighted by atomic mass is 79.9. The Kier molecular flexibility index (Phi) is 5.15. The van der Waals surface area contributed by atoms with E-state index < -0.39 is 16.0 Å². The zero-order valence-corrected chi connectivity index (χ0v) is 14.0.